The van der Waals surface area contributed by atoms with Crippen molar-refractivity contribution in [2.75, 3.05) is 0 Å². The lowest BCUT2D eigenvalue weighted by molar-refractivity contribution is -0.119. The molecule has 0 fully saturated rings. The number of nitrogens with one attached hydrogen (secondary N) is 1. The molecule has 2 N–H and O–H groups in total. The van der Waals surface area contributed by atoms with E-state index in [9.17, 15) is 4.79 Å². The molecule has 0 saturated heterocycles. The van der Waals surface area contributed by atoms with Gasteiger partial charge in [0.05, 0.1) is 6.10 Å². The second kappa shape index (κ2) is 12.4. The molecule has 0 heterocycles. The van der Waals surface area contributed by atoms with Crippen molar-refractivity contribution in [3.8, 4) is 0 Å². The van der Waals surface area contributed by atoms with Crippen LogP contribution in [-0.2, 0) is 4.79 Å². The second-order valence-corrected chi connectivity index (χ2v) is 3.49. The SMILES string of the molecule is C.CC(=O)NC(C)C.CCCC(C)O. The minimum absolute atomic E-state index is 0. The maximum absolute atomic E-state index is 10.1. The van der Waals surface area contributed by atoms with Crippen molar-refractivity contribution in [1.82, 2.24) is 5.32 Å². The van der Waals surface area contributed by atoms with E-state index >= 15 is 0 Å². The fraction of sp³-hybridized carbons (Fsp3) is 0.909. The first-order chi connectivity index (χ1) is 5.90. The highest BCUT2D eigenvalue weighted by Gasteiger charge is 1.91. The first-order valence-electron chi connectivity index (χ1n) is 4.85. The molecule has 1 unspecified atom stereocenters. The van der Waals surface area contributed by atoms with Gasteiger partial charge in [-0.05, 0) is 27.2 Å². The van der Waals surface area contributed by atoms with Crippen LogP contribution in [-0.4, -0.2) is 23.2 Å². The van der Waals surface area contributed by atoms with Gasteiger partial charge in [0.15, 0.2) is 0 Å². The van der Waals surface area contributed by atoms with Gasteiger partial charge in [0.1, 0.15) is 0 Å². The standard InChI is InChI=1S/C5H11NO.C5H12O.CH4/c1-4(2)6-5(3)7;1-3-4-5(2)6;/h4H,1-3H3,(H,6,7);5-6H,3-4H2,1-2H3;1H4. The number of aliphatic hydroxyl groups excluding tert-OH is 1. The number of hydrogen-bond donors (Lipinski definition) is 2. The quantitative estimate of drug-likeness (QED) is 0.743. The zero-order chi connectivity index (χ0) is 10.9. The van der Waals surface area contributed by atoms with E-state index in [1.54, 1.807) is 0 Å². The highest BCUT2D eigenvalue weighted by molar-refractivity contribution is 5.73. The number of amides is 1. The molecule has 0 aromatic heterocycles. The molecule has 0 spiro atoms. The topological polar surface area (TPSA) is 49.3 Å². The molecule has 3 nitrogen and oxygen atoms in total. The van der Waals surface area contributed by atoms with Crippen LogP contribution in [0.5, 0.6) is 0 Å². The minimum atomic E-state index is -0.102. The average molecular weight is 205 g/mol. The molecule has 1 amide bonds. The monoisotopic (exact) mass is 205 g/mol. The van der Waals surface area contributed by atoms with Gasteiger partial charge in [-0.25, -0.2) is 0 Å². The number of aliphatic hydroxyl groups is 1. The molecular formula is C11H27NO2. The van der Waals surface area contributed by atoms with Gasteiger partial charge in [-0.3, -0.25) is 4.79 Å². The highest BCUT2D eigenvalue weighted by Crippen LogP contribution is 1.91. The van der Waals surface area contributed by atoms with Crippen LogP contribution < -0.4 is 5.32 Å². The lowest BCUT2D eigenvalue weighted by atomic mass is 10.2. The van der Waals surface area contributed by atoms with Crippen molar-refractivity contribution in [2.45, 2.75) is 67.0 Å². The van der Waals surface area contributed by atoms with E-state index in [1.807, 2.05) is 20.8 Å². The maximum atomic E-state index is 10.1. The van der Waals surface area contributed by atoms with Crippen LogP contribution in [0.4, 0.5) is 0 Å². The van der Waals surface area contributed by atoms with Gasteiger partial charge in [0.2, 0.25) is 5.91 Å². The van der Waals surface area contributed by atoms with Gasteiger partial charge < -0.3 is 10.4 Å². The lowest BCUT2D eigenvalue weighted by Crippen LogP contribution is -2.27. The third-order valence-electron chi connectivity index (χ3n) is 1.20. The first-order valence-corrected chi connectivity index (χ1v) is 4.85. The first kappa shape index (κ1) is 19.1. The van der Waals surface area contributed by atoms with Crippen LogP contribution in [0, 0.1) is 0 Å². The van der Waals surface area contributed by atoms with E-state index in [0.717, 1.165) is 12.8 Å². The summed E-state index contributed by atoms with van der Waals surface area (Å²) in [5, 5.41) is 11.2. The Bertz CT molecular complexity index is 122. The maximum Gasteiger partial charge on any atom is 0.217 e. The van der Waals surface area contributed by atoms with Crippen LogP contribution in [0.2, 0.25) is 0 Å². The molecule has 0 aliphatic heterocycles. The number of carbonyl (C=O) groups excluding carboxylic acids is 1. The third-order valence-corrected chi connectivity index (χ3v) is 1.20. The van der Waals surface area contributed by atoms with Gasteiger partial charge in [0.25, 0.3) is 0 Å². The summed E-state index contributed by atoms with van der Waals surface area (Å²) in [5.41, 5.74) is 0. The molecule has 0 bridgehead atoms. The summed E-state index contributed by atoms with van der Waals surface area (Å²) < 4.78 is 0. The van der Waals surface area contributed by atoms with Crippen LogP contribution >= 0.6 is 0 Å². The lowest BCUT2D eigenvalue weighted by Gasteiger charge is -2.02. The molecule has 88 valence electrons. The van der Waals surface area contributed by atoms with E-state index in [2.05, 4.69) is 12.2 Å². The molecule has 0 rings (SSSR count). The summed E-state index contributed by atoms with van der Waals surface area (Å²) >= 11 is 0. The van der Waals surface area contributed by atoms with Crippen molar-refractivity contribution in [3.05, 3.63) is 0 Å². The zero-order valence-corrected chi connectivity index (χ0v) is 9.42. The Morgan fingerprint density at radius 2 is 1.79 bits per heavy atom. The summed E-state index contributed by atoms with van der Waals surface area (Å²) in [6.45, 7) is 9.25. The third kappa shape index (κ3) is 30.1. The highest BCUT2D eigenvalue weighted by atomic mass is 16.3. The summed E-state index contributed by atoms with van der Waals surface area (Å²) in [6, 6.07) is 0.275. The molecule has 3 heteroatoms. The molecule has 0 aliphatic rings. The summed E-state index contributed by atoms with van der Waals surface area (Å²) in [7, 11) is 0. The van der Waals surface area contributed by atoms with Crippen molar-refractivity contribution in [1.29, 1.82) is 0 Å². The molecule has 0 aromatic rings. The zero-order valence-electron chi connectivity index (χ0n) is 9.42. The normalized spacial score (nSPS) is 10.8. The van der Waals surface area contributed by atoms with Gasteiger partial charge in [0, 0.05) is 13.0 Å². The van der Waals surface area contributed by atoms with E-state index in [0.29, 0.717) is 0 Å². The largest absolute Gasteiger partial charge is 0.393 e. The molecular weight excluding hydrogens is 178 g/mol. The Kier molecular flexibility index (Phi) is 16.9. The van der Waals surface area contributed by atoms with Gasteiger partial charge >= 0.3 is 0 Å². The Hall–Kier alpha value is -0.570. The number of hydrogen-bond acceptors (Lipinski definition) is 2. The smallest absolute Gasteiger partial charge is 0.217 e. The second-order valence-electron chi connectivity index (χ2n) is 3.49. The molecule has 0 aliphatic carbocycles. The predicted octanol–water partition coefficient (Wildman–Crippen LogP) is 2.33. The molecule has 0 radical (unpaired) electrons. The van der Waals surface area contributed by atoms with E-state index in [1.165, 1.54) is 6.92 Å². The Labute approximate surface area is 88.9 Å². The molecule has 14 heavy (non-hydrogen) atoms. The fourth-order valence-electron chi connectivity index (χ4n) is 0.824. The van der Waals surface area contributed by atoms with E-state index in [-0.39, 0.29) is 25.5 Å². The molecule has 1 atom stereocenters. The van der Waals surface area contributed by atoms with Crippen LogP contribution in [0.1, 0.15) is 54.9 Å². The van der Waals surface area contributed by atoms with E-state index < -0.39 is 0 Å². The van der Waals surface area contributed by atoms with Crippen molar-refractivity contribution in [3.63, 3.8) is 0 Å². The molecule has 0 aromatic carbocycles. The van der Waals surface area contributed by atoms with Crippen molar-refractivity contribution >= 4 is 5.91 Å². The van der Waals surface area contributed by atoms with Gasteiger partial charge in [-0.1, -0.05) is 20.8 Å². The molecule has 0 saturated carbocycles. The van der Waals surface area contributed by atoms with Crippen molar-refractivity contribution in [2.24, 2.45) is 0 Å². The fourth-order valence-corrected chi connectivity index (χ4v) is 0.824. The Balaban J connectivity index is -0.000000163. The van der Waals surface area contributed by atoms with Crippen LogP contribution in [0.3, 0.4) is 0 Å². The average Bonchev–Trinajstić information content (AvgIpc) is 1.83. The number of carbonyl (C=O) groups is 1. The predicted molar refractivity (Wildman–Crippen MR) is 62.3 cm³/mol. The van der Waals surface area contributed by atoms with E-state index in [4.69, 9.17) is 5.11 Å². The van der Waals surface area contributed by atoms with Gasteiger partial charge in [-0.2, -0.15) is 0 Å². The summed E-state index contributed by atoms with van der Waals surface area (Å²) in [5.74, 6) is 0.0370. The Morgan fingerprint density at radius 3 is 1.79 bits per heavy atom. The van der Waals surface area contributed by atoms with Crippen LogP contribution in [0.25, 0.3) is 0 Å². The summed E-state index contributed by atoms with van der Waals surface area (Å²) in [6.07, 6.45) is 1.91. The van der Waals surface area contributed by atoms with Crippen LogP contribution in [0.15, 0.2) is 0 Å². The summed E-state index contributed by atoms with van der Waals surface area (Å²) in [4.78, 5) is 10.1. The van der Waals surface area contributed by atoms with Crippen molar-refractivity contribution < 1.29 is 9.90 Å². The Morgan fingerprint density at radius 1 is 1.36 bits per heavy atom. The minimum Gasteiger partial charge on any atom is -0.393 e. The number of rotatable bonds is 3. The van der Waals surface area contributed by atoms with Gasteiger partial charge in [-0.15, -0.1) is 0 Å².